The number of rotatable bonds is 1. The van der Waals surface area contributed by atoms with Crippen LogP contribution in [-0.2, 0) is 12.0 Å². The summed E-state index contributed by atoms with van der Waals surface area (Å²) in [5, 5.41) is 2.63. The molecule has 5 aromatic rings. The van der Waals surface area contributed by atoms with Crippen molar-refractivity contribution in [2.75, 3.05) is 5.73 Å². The maximum absolute atomic E-state index is 6.29. The van der Waals surface area contributed by atoms with Gasteiger partial charge in [0, 0.05) is 27.3 Å². The van der Waals surface area contributed by atoms with E-state index in [1.165, 1.54) is 49.6 Å². The summed E-state index contributed by atoms with van der Waals surface area (Å²) in [6.07, 6.45) is 0. The summed E-state index contributed by atoms with van der Waals surface area (Å²) < 4.78 is 2.44. The summed E-state index contributed by atoms with van der Waals surface area (Å²) in [5.74, 6) is 0. The molecule has 7 rings (SSSR count). The fourth-order valence-electron chi connectivity index (χ4n) is 5.97. The molecular formula is C29H23N3. The molecule has 0 saturated carbocycles. The van der Waals surface area contributed by atoms with E-state index in [0.29, 0.717) is 5.69 Å². The Kier molecular flexibility index (Phi) is 3.27. The summed E-state index contributed by atoms with van der Waals surface area (Å²) in [4.78, 5) is 5.15. The smallest absolute Gasteiger partial charge is 0.0863 e. The van der Waals surface area contributed by atoms with Crippen molar-refractivity contribution in [3.63, 3.8) is 0 Å². The Morgan fingerprint density at radius 3 is 2.47 bits per heavy atom. The van der Waals surface area contributed by atoms with Crippen LogP contribution in [0, 0.1) is 0 Å². The van der Waals surface area contributed by atoms with Gasteiger partial charge < -0.3 is 10.3 Å². The molecule has 4 aromatic carbocycles. The lowest BCUT2D eigenvalue weighted by molar-refractivity contribution is 0.660. The number of hydrogen-bond donors (Lipinski definition) is 1. The van der Waals surface area contributed by atoms with Gasteiger partial charge in [0.25, 0.3) is 0 Å². The molecule has 2 N–H and O–H groups in total. The third kappa shape index (κ3) is 2.08. The summed E-state index contributed by atoms with van der Waals surface area (Å²) >= 11 is 0. The van der Waals surface area contributed by atoms with Crippen LogP contribution in [0.1, 0.15) is 30.5 Å². The van der Waals surface area contributed by atoms with Gasteiger partial charge in [-0.05, 0) is 46.5 Å². The number of fused-ring (bicyclic) bond motifs is 7. The van der Waals surface area contributed by atoms with Gasteiger partial charge in [-0.15, -0.1) is 0 Å². The SMILES string of the molecule is CC1(C)c2ccccc2-c2cc3c4ccccc4n4c3c(c21)C(=Nc1ccccc1N)C4. The largest absolute Gasteiger partial charge is 0.397 e. The number of anilines is 1. The first kappa shape index (κ1) is 17.8. The van der Waals surface area contributed by atoms with Crippen LogP contribution < -0.4 is 5.73 Å². The predicted molar refractivity (Wildman–Crippen MR) is 134 cm³/mol. The lowest BCUT2D eigenvalue weighted by Gasteiger charge is -2.24. The fourth-order valence-corrected chi connectivity index (χ4v) is 5.97. The van der Waals surface area contributed by atoms with Crippen molar-refractivity contribution in [2.24, 2.45) is 4.99 Å². The molecule has 3 nitrogen and oxygen atoms in total. The summed E-state index contributed by atoms with van der Waals surface area (Å²) in [5.41, 5.74) is 18.2. The Labute approximate surface area is 186 Å². The number of para-hydroxylation sites is 3. The molecule has 0 radical (unpaired) electrons. The summed E-state index contributed by atoms with van der Waals surface area (Å²) in [6.45, 7) is 5.45. The molecule has 0 saturated heterocycles. The van der Waals surface area contributed by atoms with E-state index in [1.54, 1.807) is 0 Å². The van der Waals surface area contributed by atoms with Gasteiger partial charge in [-0.3, -0.25) is 0 Å². The third-order valence-corrected chi connectivity index (χ3v) is 7.36. The highest BCUT2D eigenvalue weighted by Crippen LogP contribution is 2.54. The zero-order valence-corrected chi connectivity index (χ0v) is 18.2. The van der Waals surface area contributed by atoms with Crippen LogP contribution in [-0.4, -0.2) is 10.3 Å². The van der Waals surface area contributed by atoms with Gasteiger partial charge in [0.15, 0.2) is 0 Å². The average Bonchev–Trinajstić information content (AvgIpc) is 3.40. The maximum atomic E-state index is 6.29. The van der Waals surface area contributed by atoms with E-state index >= 15 is 0 Å². The van der Waals surface area contributed by atoms with Gasteiger partial charge in [-0.1, -0.05) is 68.4 Å². The predicted octanol–water partition coefficient (Wildman–Crippen LogP) is 6.82. The van der Waals surface area contributed by atoms with Crippen molar-refractivity contribution in [1.29, 1.82) is 0 Å². The molecule has 0 unspecified atom stereocenters. The minimum absolute atomic E-state index is 0.0932. The molecule has 2 heterocycles. The van der Waals surface area contributed by atoms with Gasteiger partial charge in [-0.25, -0.2) is 4.99 Å². The molecule has 154 valence electrons. The van der Waals surface area contributed by atoms with Crippen LogP contribution in [0.4, 0.5) is 11.4 Å². The van der Waals surface area contributed by atoms with Gasteiger partial charge in [-0.2, -0.15) is 0 Å². The first-order chi connectivity index (χ1) is 15.6. The molecule has 0 fully saturated rings. The van der Waals surface area contributed by atoms with E-state index in [2.05, 4.69) is 73.0 Å². The van der Waals surface area contributed by atoms with E-state index in [1.807, 2.05) is 24.3 Å². The maximum Gasteiger partial charge on any atom is 0.0863 e. The highest BCUT2D eigenvalue weighted by molar-refractivity contribution is 6.24. The highest BCUT2D eigenvalue weighted by Gasteiger charge is 2.41. The van der Waals surface area contributed by atoms with Crippen molar-refractivity contribution in [3.05, 3.63) is 95.6 Å². The minimum Gasteiger partial charge on any atom is -0.397 e. The Bertz CT molecular complexity index is 1630. The lowest BCUT2D eigenvalue weighted by Crippen LogP contribution is -2.19. The van der Waals surface area contributed by atoms with Crippen LogP contribution in [0.3, 0.4) is 0 Å². The molecule has 1 aliphatic carbocycles. The van der Waals surface area contributed by atoms with E-state index in [9.17, 15) is 0 Å². The second kappa shape index (κ2) is 5.89. The van der Waals surface area contributed by atoms with E-state index in [-0.39, 0.29) is 5.41 Å². The molecule has 1 aromatic heterocycles. The fraction of sp³-hybridized carbons (Fsp3) is 0.138. The quantitative estimate of drug-likeness (QED) is 0.301. The normalized spacial score (nSPS) is 16.8. The number of nitrogens with two attached hydrogens (primary N) is 1. The van der Waals surface area contributed by atoms with Crippen molar-refractivity contribution in [2.45, 2.75) is 25.8 Å². The highest BCUT2D eigenvalue weighted by atomic mass is 15.0. The number of benzene rings is 4. The zero-order chi connectivity index (χ0) is 21.6. The molecular weight excluding hydrogens is 390 g/mol. The zero-order valence-electron chi connectivity index (χ0n) is 18.2. The van der Waals surface area contributed by atoms with Gasteiger partial charge >= 0.3 is 0 Å². The first-order valence-corrected chi connectivity index (χ1v) is 11.2. The molecule has 0 bridgehead atoms. The number of nitrogens with zero attached hydrogens (tertiary/aromatic N) is 2. The second-order valence-electron chi connectivity index (χ2n) is 9.46. The van der Waals surface area contributed by atoms with Crippen LogP contribution in [0.2, 0.25) is 0 Å². The van der Waals surface area contributed by atoms with Crippen molar-refractivity contribution in [3.8, 4) is 11.1 Å². The van der Waals surface area contributed by atoms with Crippen LogP contribution >= 0.6 is 0 Å². The lowest BCUT2D eigenvalue weighted by atomic mass is 9.79. The Morgan fingerprint density at radius 2 is 1.59 bits per heavy atom. The van der Waals surface area contributed by atoms with Crippen LogP contribution in [0.15, 0.2) is 83.9 Å². The third-order valence-electron chi connectivity index (χ3n) is 7.36. The number of aliphatic imine (C=N–C) groups is 1. The average molecular weight is 414 g/mol. The van der Waals surface area contributed by atoms with Crippen LogP contribution in [0.5, 0.6) is 0 Å². The Morgan fingerprint density at radius 1 is 0.844 bits per heavy atom. The molecule has 0 atom stereocenters. The van der Waals surface area contributed by atoms with Gasteiger partial charge in [0.05, 0.1) is 29.1 Å². The van der Waals surface area contributed by atoms with Gasteiger partial charge in [0.1, 0.15) is 0 Å². The summed E-state index contributed by atoms with van der Waals surface area (Å²) in [7, 11) is 0. The Balaban J connectivity index is 1.66. The second-order valence-corrected chi connectivity index (χ2v) is 9.46. The molecule has 0 amide bonds. The van der Waals surface area contributed by atoms with Crippen molar-refractivity contribution < 1.29 is 0 Å². The van der Waals surface area contributed by atoms with Crippen LogP contribution in [0.25, 0.3) is 32.9 Å². The molecule has 32 heavy (non-hydrogen) atoms. The number of aromatic nitrogens is 1. The molecule has 0 spiro atoms. The number of hydrogen-bond acceptors (Lipinski definition) is 2. The Hall–Kier alpha value is -3.85. The standard InChI is InChI=1S/C29H23N3/c1-29(2)21-11-5-3-9-17(21)19-15-20-18-10-4-8-14-25(18)32-16-24(26(27(19)29)28(20)32)31-23-13-7-6-12-22(23)30/h3-15H,16,30H2,1-2H3. The number of nitrogen functional groups attached to an aromatic ring is 1. The van der Waals surface area contributed by atoms with E-state index in [0.717, 1.165) is 17.9 Å². The summed E-state index contributed by atoms with van der Waals surface area (Å²) in [6, 6.07) is 27.9. The van der Waals surface area contributed by atoms with Crippen molar-refractivity contribution >= 4 is 38.9 Å². The van der Waals surface area contributed by atoms with E-state index < -0.39 is 0 Å². The van der Waals surface area contributed by atoms with Gasteiger partial charge in [0.2, 0.25) is 0 Å². The molecule has 1 aliphatic heterocycles. The van der Waals surface area contributed by atoms with E-state index in [4.69, 9.17) is 10.7 Å². The molecule has 2 aliphatic rings. The van der Waals surface area contributed by atoms with Crippen molar-refractivity contribution in [1.82, 2.24) is 4.57 Å². The monoisotopic (exact) mass is 413 g/mol. The molecule has 3 heteroatoms. The topological polar surface area (TPSA) is 43.3 Å². The minimum atomic E-state index is -0.0932. The first-order valence-electron chi connectivity index (χ1n) is 11.2.